The van der Waals surface area contributed by atoms with E-state index >= 15 is 0 Å². The van der Waals surface area contributed by atoms with E-state index in [1.165, 1.54) is 0 Å². The molecule has 0 aliphatic heterocycles. The summed E-state index contributed by atoms with van der Waals surface area (Å²) in [4.78, 5) is 10.8. The van der Waals surface area contributed by atoms with Crippen LogP contribution in [0, 0.1) is 0 Å². The van der Waals surface area contributed by atoms with Gasteiger partial charge in [-0.2, -0.15) is 0 Å². The lowest BCUT2D eigenvalue weighted by atomic mass is 10.2. The third kappa shape index (κ3) is 2.72. The molecule has 0 saturated heterocycles. The number of benzene rings is 1. The summed E-state index contributed by atoms with van der Waals surface area (Å²) in [5.41, 5.74) is 0.651. The fourth-order valence-electron chi connectivity index (χ4n) is 0.912. The zero-order chi connectivity index (χ0) is 9.68. The largest absolute Gasteiger partial charge is 0.369 e. The Balaban J connectivity index is 2.63. The van der Waals surface area contributed by atoms with Gasteiger partial charge in [-0.05, 0) is 6.08 Å². The van der Waals surface area contributed by atoms with Crippen molar-refractivity contribution in [3.05, 3.63) is 48.6 Å². The lowest BCUT2D eigenvalue weighted by Gasteiger charge is -2.10. The van der Waals surface area contributed by atoms with Gasteiger partial charge in [0.2, 0.25) is 5.91 Å². The Bertz CT molecular complexity index is 295. The van der Waals surface area contributed by atoms with E-state index in [0.29, 0.717) is 5.56 Å². The van der Waals surface area contributed by atoms with Crippen molar-refractivity contribution in [2.24, 2.45) is 0 Å². The number of hydrogen-bond donors (Lipinski definition) is 2. The van der Waals surface area contributed by atoms with Crippen molar-refractivity contribution in [2.75, 3.05) is 0 Å². The molecular weight excluding hydrogens is 166 g/mol. The minimum absolute atomic E-state index is 0.392. The van der Waals surface area contributed by atoms with Crippen LogP contribution in [-0.4, -0.2) is 11.0 Å². The van der Waals surface area contributed by atoms with E-state index in [-0.39, 0.29) is 0 Å². The van der Waals surface area contributed by atoms with E-state index in [4.69, 9.17) is 0 Å². The molecule has 0 aliphatic rings. The van der Waals surface area contributed by atoms with Crippen molar-refractivity contribution < 1.29 is 9.90 Å². The number of aliphatic hydroxyl groups excluding tert-OH is 1. The maximum atomic E-state index is 10.8. The van der Waals surface area contributed by atoms with E-state index in [0.717, 1.165) is 6.08 Å². The smallest absolute Gasteiger partial charge is 0.245 e. The summed E-state index contributed by atoms with van der Waals surface area (Å²) in [5, 5.41) is 11.8. The second-order valence-electron chi connectivity index (χ2n) is 2.53. The molecule has 0 bridgehead atoms. The van der Waals surface area contributed by atoms with Crippen LogP contribution in [0.3, 0.4) is 0 Å². The fraction of sp³-hybridized carbons (Fsp3) is 0.100. The van der Waals surface area contributed by atoms with Gasteiger partial charge in [0.05, 0.1) is 0 Å². The maximum absolute atomic E-state index is 10.8. The molecule has 0 aliphatic carbocycles. The minimum Gasteiger partial charge on any atom is -0.369 e. The quantitative estimate of drug-likeness (QED) is 0.534. The number of nitrogens with one attached hydrogen (secondary N) is 1. The lowest BCUT2D eigenvalue weighted by Crippen LogP contribution is -2.26. The molecule has 0 saturated carbocycles. The van der Waals surface area contributed by atoms with Gasteiger partial charge >= 0.3 is 0 Å². The molecule has 1 aromatic carbocycles. The standard InChI is InChI=1S/C10H11NO2/c1-2-9(12)11-10(13)8-6-4-3-5-7-8/h2-7,10,13H,1H2,(H,11,12). The summed E-state index contributed by atoms with van der Waals surface area (Å²) in [6.45, 7) is 3.28. The number of rotatable bonds is 3. The van der Waals surface area contributed by atoms with Gasteiger partial charge in [-0.25, -0.2) is 0 Å². The summed E-state index contributed by atoms with van der Waals surface area (Å²) >= 11 is 0. The van der Waals surface area contributed by atoms with Gasteiger partial charge < -0.3 is 10.4 Å². The van der Waals surface area contributed by atoms with Crippen LogP contribution in [0.2, 0.25) is 0 Å². The molecule has 0 heterocycles. The summed E-state index contributed by atoms with van der Waals surface area (Å²) in [6.07, 6.45) is 0.151. The topological polar surface area (TPSA) is 49.3 Å². The van der Waals surface area contributed by atoms with Gasteiger partial charge in [-0.1, -0.05) is 36.9 Å². The van der Waals surface area contributed by atoms with Crippen LogP contribution in [-0.2, 0) is 4.79 Å². The van der Waals surface area contributed by atoms with Crippen LogP contribution in [0.15, 0.2) is 43.0 Å². The van der Waals surface area contributed by atoms with Crippen molar-refractivity contribution in [2.45, 2.75) is 6.23 Å². The first-order chi connectivity index (χ1) is 6.24. The van der Waals surface area contributed by atoms with Crippen LogP contribution >= 0.6 is 0 Å². The third-order valence-corrected chi connectivity index (χ3v) is 1.58. The minimum atomic E-state index is -0.966. The summed E-state index contributed by atoms with van der Waals surface area (Å²) < 4.78 is 0. The van der Waals surface area contributed by atoms with Crippen molar-refractivity contribution in [1.82, 2.24) is 5.32 Å². The average molecular weight is 177 g/mol. The predicted molar refractivity (Wildman–Crippen MR) is 49.7 cm³/mol. The molecule has 0 aromatic heterocycles. The Morgan fingerprint density at radius 1 is 1.46 bits per heavy atom. The van der Waals surface area contributed by atoms with Crippen LogP contribution in [0.25, 0.3) is 0 Å². The Kier molecular flexibility index (Phi) is 3.23. The third-order valence-electron chi connectivity index (χ3n) is 1.58. The molecule has 1 aromatic rings. The second-order valence-corrected chi connectivity index (χ2v) is 2.53. The zero-order valence-corrected chi connectivity index (χ0v) is 7.10. The van der Waals surface area contributed by atoms with Crippen LogP contribution < -0.4 is 5.32 Å². The highest BCUT2D eigenvalue weighted by Gasteiger charge is 2.06. The summed E-state index contributed by atoms with van der Waals surface area (Å²) in [6, 6.07) is 8.88. The summed E-state index contributed by atoms with van der Waals surface area (Å²) in [7, 11) is 0. The number of carbonyl (C=O) groups is 1. The first-order valence-corrected chi connectivity index (χ1v) is 3.90. The number of hydrogen-bond acceptors (Lipinski definition) is 2. The zero-order valence-electron chi connectivity index (χ0n) is 7.10. The highest BCUT2D eigenvalue weighted by atomic mass is 16.3. The van der Waals surface area contributed by atoms with Gasteiger partial charge in [0.25, 0.3) is 0 Å². The Morgan fingerprint density at radius 3 is 2.62 bits per heavy atom. The molecule has 3 heteroatoms. The van der Waals surface area contributed by atoms with Crippen molar-refractivity contribution in [1.29, 1.82) is 0 Å². The molecule has 0 fully saturated rings. The highest BCUT2D eigenvalue weighted by molar-refractivity contribution is 5.87. The summed E-state index contributed by atoms with van der Waals surface area (Å²) in [5.74, 6) is -0.392. The molecule has 1 atom stereocenters. The number of aliphatic hydroxyl groups is 1. The first kappa shape index (κ1) is 9.48. The number of carbonyl (C=O) groups excluding carboxylic acids is 1. The molecule has 0 spiro atoms. The van der Waals surface area contributed by atoms with Gasteiger partial charge in [0.15, 0.2) is 6.23 Å². The van der Waals surface area contributed by atoms with Gasteiger partial charge in [-0.15, -0.1) is 0 Å². The van der Waals surface area contributed by atoms with Gasteiger partial charge in [-0.3, -0.25) is 4.79 Å². The molecule has 3 nitrogen and oxygen atoms in total. The predicted octanol–water partition coefficient (Wildman–Crippen LogP) is 0.980. The second kappa shape index (κ2) is 4.42. The van der Waals surface area contributed by atoms with Gasteiger partial charge in [0, 0.05) is 5.56 Å². The van der Waals surface area contributed by atoms with Crippen LogP contribution in [0.4, 0.5) is 0 Å². The molecule has 1 rings (SSSR count). The Morgan fingerprint density at radius 2 is 2.08 bits per heavy atom. The molecule has 68 valence electrons. The lowest BCUT2D eigenvalue weighted by molar-refractivity contribution is -0.119. The molecule has 2 N–H and O–H groups in total. The van der Waals surface area contributed by atoms with Crippen molar-refractivity contribution >= 4 is 5.91 Å². The Labute approximate surface area is 76.7 Å². The SMILES string of the molecule is C=CC(=O)NC(O)c1ccccc1. The average Bonchev–Trinajstić information content (AvgIpc) is 2.19. The first-order valence-electron chi connectivity index (χ1n) is 3.90. The van der Waals surface area contributed by atoms with Crippen molar-refractivity contribution in [3.63, 3.8) is 0 Å². The molecule has 1 amide bonds. The van der Waals surface area contributed by atoms with Crippen molar-refractivity contribution in [3.8, 4) is 0 Å². The van der Waals surface area contributed by atoms with E-state index in [1.54, 1.807) is 24.3 Å². The van der Waals surface area contributed by atoms with E-state index < -0.39 is 12.1 Å². The monoisotopic (exact) mass is 177 g/mol. The molecule has 13 heavy (non-hydrogen) atoms. The normalized spacial score (nSPS) is 11.8. The van der Waals surface area contributed by atoms with Crippen LogP contribution in [0.5, 0.6) is 0 Å². The Hall–Kier alpha value is -1.61. The van der Waals surface area contributed by atoms with E-state index in [9.17, 15) is 9.90 Å². The molecule has 0 radical (unpaired) electrons. The molecule has 1 unspecified atom stereocenters. The van der Waals surface area contributed by atoms with E-state index in [2.05, 4.69) is 11.9 Å². The van der Waals surface area contributed by atoms with Gasteiger partial charge in [0.1, 0.15) is 0 Å². The number of amides is 1. The fourth-order valence-corrected chi connectivity index (χ4v) is 0.912. The highest BCUT2D eigenvalue weighted by Crippen LogP contribution is 2.07. The van der Waals surface area contributed by atoms with E-state index in [1.807, 2.05) is 6.07 Å². The molecular formula is C10H11NO2. The van der Waals surface area contributed by atoms with Crippen LogP contribution in [0.1, 0.15) is 11.8 Å². The maximum Gasteiger partial charge on any atom is 0.245 e.